The number of nitrogens with zero attached hydrogens (tertiary/aromatic N) is 2. The Labute approximate surface area is 230 Å². The molecule has 0 bridgehead atoms. The van der Waals surface area contributed by atoms with E-state index in [1.165, 1.54) is 23.1 Å². The van der Waals surface area contributed by atoms with Crippen LogP contribution < -0.4 is 9.62 Å². The van der Waals surface area contributed by atoms with Gasteiger partial charge in [-0.25, -0.2) is 8.42 Å². The summed E-state index contributed by atoms with van der Waals surface area (Å²) in [6.45, 7) is 7.39. The van der Waals surface area contributed by atoms with Gasteiger partial charge in [0.15, 0.2) is 0 Å². The van der Waals surface area contributed by atoms with E-state index in [1.54, 1.807) is 31.2 Å². The Morgan fingerprint density at radius 1 is 0.974 bits per heavy atom. The minimum atomic E-state index is -4.14. The molecule has 1 atom stereocenters. The van der Waals surface area contributed by atoms with Crippen molar-refractivity contribution in [2.75, 3.05) is 17.4 Å². The van der Waals surface area contributed by atoms with E-state index in [9.17, 15) is 18.0 Å². The molecule has 3 rings (SSSR count). The summed E-state index contributed by atoms with van der Waals surface area (Å²) in [5, 5.41) is 3.21. The summed E-state index contributed by atoms with van der Waals surface area (Å²) in [5.41, 5.74) is 2.77. The largest absolute Gasteiger partial charge is 0.354 e. The van der Waals surface area contributed by atoms with Crippen molar-refractivity contribution in [2.45, 2.75) is 51.6 Å². The molecule has 0 radical (unpaired) electrons. The number of hydrogen-bond acceptors (Lipinski definition) is 4. The average molecular weight is 556 g/mol. The third kappa shape index (κ3) is 7.14. The van der Waals surface area contributed by atoms with Gasteiger partial charge in [0, 0.05) is 18.1 Å². The van der Waals surface area contributed by atoms with E-state index < -0.39 is 28.5 Å². The predicted molar refractivity (Wildman–Crippen MR) is 152 cm³/mol. The first-order valence-electron chi connectivity index (χ1n) is 12.5. The van der Waals surface area contributed by atoms with E-state index in [-0.39, 0.29) is 23.0 Å². The summed E-state index contributed by atoms with van der Waals surface area (Å²) in [5.74, 6) is -0.817. The van der Waals surface area contributed by atoms with Crippen molar-refractivity contribution in [3.05, 3.63) is 94.5 Å². The Bertz CT molecular complexity index is 1360. The highest BCUT2D eigenvalue weighted by Crippen LogP contribution is 2.28. The molecular weight excluding hydrogens is 522 g/mol. The maximum Gasteiger partial charge on any atom is 0.264 e. The van der Waals surface area contributed by atoms with Crippen molar-refractivity contribution >= 4 is 39.1 Å². The molecule has 0 saturated heterocycles. The maximum absolute atomic E-state index is 13.8. The zero-order chi connectivity index (χ0) is 27.9. The molecule has 0 aliphatic carbocycles. The van der Waals surface area contributed by atoms with Crippen molar-refractivity contribution in [2.24, 2.45) is 0 Å². The van der Waals surface area contributed by atoms with Crippen molar-refractivity contribution in [3.8, 4) is 0 Å². The van der Waals surface area contributed by atoms with Gasteiger partial charge in [-0.15, -0.1) is 0 Å². The van der Waals surface area contributed by atoms with Crippen molar-refractivity contribution in [1.29, 1.82) is 0 Å². The fourth-order valence-electron chi connectivity index (χ4n) is 3.86. The lowest BCUT2D eigenvalue weighted by atomic mass is 10.1. The molecule has 1 N–H and O–H groups in total. The Hall–Kier alpha value is -3.36. The van der Waals surface area contributed by atoms with E-state index in [4.69, 9.17) is 11.6 Å². The van der Waals surface area contributed by atoms with Crippen molar-refractivity contribution in [3.63, 3.8) is 0 Å². The van der Waals surface area contributed by atoms with Crippen molar-refractivity contribution < 1.29 is 18.0 Å². The van der Waals surface area contributed by atoms with Crippen LogP contribution in [-0.2, 0) is 26.2 Å². The van der Waals surface area contributed by atoms with E-state index in [1.807, 2.05) is 51.1 Å². The van der Waals surface area contributed by atoms with Gasteiger partial charge in [-0.05, 0) is 62.6 Å². The number of anilines is 1. The first-order chi connectivity index (χ1) is 18.0. The molecule has 38 heavy (non-hydrogen) atoms. The zero-order valence-electron chi connectivity index (χ0n) is 22.1. The molecule has 0 aliphatic heterocycles. The van der Waals surface area contributed by atoms with E-state index in [0.29, 0.717) is 11.6 Å². The SMILES string of the molecule is CCCNC(=O)[C@@H](C)N(Cc1ccccc1)C(=O)CN(c1ccc(C)c(Cl)c1)S(=O)(=O)c1ccc(C)cc1. The van der Waals surface area contributed by atoms with Gasteiger partial charge in [-0.3, -0.25) is 13.9 Å². The summed E-state index contributed by atoms with van der Waals surface area (Å²) in [7, 11) is -4.14. The van der Waals surface area contributed by atoms with E-state index in [2.05, 4.69) is 5.32 Å². The van der Waals surface area contributed by atoms with Gasteiger partial charge in [0.1, 0.15) is 12.6 Å². The summed E-state index contributed by atoms with van der Waals surface area (Å²) in [4.78, 5) is 28.2. The van der Waals surface area contributed by atoms with Crippen LogP contribution in [0.1, 0.15) is 37.0 Å². The molecule has 0 aliphatic rings. The van der Waals surface area contributed by atoms with Gasteiger partial charge >= 0.3 is 0 Å². The quantitative estimate of drug-likeness (QED) is 0.357. The first kappa shape index (κ1) is 29.2. The highest BCUT2D eigenvalue weighted by atomic mass is 35.5. The first-order valence-corrected chi connectivity index (χ1v) is 14.3. The van der Waals surface area contributed by atoms with Crippen LogP contribution in [-0.4, -0.2) is 44.3 Å². The Kier molecular flexibility index (Phi) is 9.94. The fraction of sp³-hybridized carbons (Fsp3) is 0.310. The Morgan fingerprint density at radius 3 is 2.24 bits per heavy atom. The lowest BCUT2D eigenvalue weighted by Gasteiger charge is -2.32. The van der Waals surface area contributed by atoms with Gasteiger partial charge in [-0.2, -0.15) is 0 Å². The number of carbonyl (C=O) groups is 2. The Balaban J connectivity index is 2.03. The number of rotatable bonds is 11. The van der Waals surface area contributed by atoms with Crippen LogP contribution >= 0.6 is 11.6 Å². The molecule has 0 aromatic heterocycles. The highest BCUT2D eigenvalue weighted by Gasteiger charge is 2.32. The molecule has 0 unspecified atom stereocenters. The standard InChI is InChI=1S/C29H34ClN3O4S/c1-5-17-31-29(35)23(4)32(19-24-9-7-6-8-10-24)28(34)20-33(25-14-13-22(3)27(30)18-25)38(36,37)26-15-11-21(2)12-16-26/h6-16,18,23H,5,17,19-20H2,1-4H3,(H,31,35)/t23-/m1/s1. The number of amides is 2. The summed E-state index contributed by atoms with van der Waals surface area (Å²) >= 11 is 6.35. The topological polar surface area (TPSA) is 86.8 Å². The van der Waals surface area contributed by atoms with Gasteiger partial charge in [-0.1, -0.05) is 72.6 Å². The molecule has 2 amide bonds. The van der Waals surface area contributed by atoms with E-state index >= 15 is 0 Å². The van der Waals surface area contributed by atoms with Crippen LogP contribution in [0.25, 0.3) is 0 Å². The van der Waals surface area contributed by atoms with Crippen LogP contribution in [0.3, 0.4) is 0 Å². The average Bonchev–Trinajstić information content (AvgIpc) is 2.90. The number of aryl methyl sites for hydroxylation is 2. The van der Waals surface area contributed by atoms with Crippen LogP contribution in [0.15, 0.2) is 77.7 Å². The molecule has 0 spiro atoms. The lowest BCUT2D eigenvalue weighted by Crippen LogP contribution is -2.51. The van der Waals surface area contributed by atoms with Crippen molar-refractivity contribution in [1.82, 2.24) is 10.2 Å². The number of carbonyl (C=O) groups excluding carboxylic acids is 2. The van der Waals surface area contributed by atoms with Gasteiger partial charge in [0.25, 0.3) is 10.0 Å². The second-order valence-electron chi connectivity index (χ2n) is 9.23. The number of benzene rings is 3. The summed E-state index contributed by atoms with van der Waals surface area (Å²) < 4.78 is 28.7. The van der Waals surface area contributed by atoms with Gasteiger partial charge in [0.2, 0.25) is 11.8 Å². The Morgan fingerprint density at radius 2 is 1.63 bits per heavy atom. The molecule has 0 heterocycles. The third-order valence-corrected chi connectivity index (χ3v) is 8.44. The lowest BCUT2D eigenvalue weighted by molar-refractivity contribution is -0.139. The summed E-state index contributed by atoms with van der Waals surface area (Å²) in [6, 6.07) is 19.8. The van der Waals surface area contributed by atoms with Crippen LogP contribution in [0, 0.1) is 13.8 Å². The predicted octanol–water partition coefficient (Wildman–Crippen LogP) is 5.10. The minimum Gasteiger partial charge on any atom is -0.354 e. The number of nitrogens with one attached hydrogen (secondary N) is 1. The smallest absolute Gasteiger partial charge is 0.264 e. The van der Waals surface area contributed by atoms with Crippen LogP contribution in [0.2, 0.25) is 5.02 Å². The molecule has 9 heteroatoms. The van der Waals surface area contributed by atoms with Crippen LogP contribution in [0.5, 0.6) is 0 Å². The third-order valence-electron chi connectivity index (χ3n) is 6.24. The van der Waals surface area contributed by atoms with E-state index in [0.717, 1.165) is 27.4 Å². The molecule has 0 fully saturated rings. The number of hydrogen-bond donors (Lipinski definition) is 1. The minimum absolute atomic E-state index is 0.0518. The second-order valence-corrected chi connectivity index (χ2v) is 11.5. The molecular formula is C29H34ClN3O4S. The van der Waals surface area contributed by atoms with Crippen LogP contribution in [0.4, 0.5) is 5.69 Å². The molecule has 202 valence electrons. The van der Waals surface area contributed by atoms with Gasteiger partial charge in [0.05, 0.1) is 10.6 Å². The highest BCUT2D eigenvalue weighted by molar-refractivity contribution is 7.92. The number of sulfonamides is 1. The molecule has 3 aromatic rings. The fourth-order valence-corrected chi connectivity index (χ4v) is 5.44. The monoisotopic (exact) mass is 555 g/mol. The number of halogens is 1. The molecule has 0 saturated carbocycles. The molecule has 7 nitrogen and oxygen atoms in total. The summed E-state index contributed by atoms with van der Waals surface area (Å²) in [6.07, 6.45) is 0.752. The van der Waals surface area contributed by atoms with Gasteiger partial charge < -0.3 is 10.2 Å². The second kappa shape index (κ2) is 12.9. The zero-order valence-corrected chi connectivity index (χ0v) is 23.7. The normalized spacial score (nSPS) is 12.0. The maximum atomic E-state index is 13.8. The molecule has 3 aromatic carbocycles.